The van der Waals surface area contributed by atoms with E-state index in [1.54, 1.807) is 0 Å². The van der Waals surface area contributed by atoms with Crippen molar-refractivity contribution in [2.45, 2.75) is 76.8 Å². The Labute approximate surface area is 112 Å². The molecule has 0 spiro atoms. The number of likely N-dealkylation sites (tertiary alicyclic amines) is 1. The average molecular weight is 250 g/mol. The number of hydrogen-bond acceptors (Lipinski definition) is 2. The zero-order chi connectivity index (χ0) is 12.8. The Kier molecular flexibility index (Phi) is 3.22. The summed E-state index contributed by atoms with van der Waals surface area (Å²) in [4.78, 5) is 2.87. The summed E-state index contributed by atoms with van der Waals surface area (Å²) in [6.07, 6.45) is 11.3. The lowest BCUT2D eigenvalue weighted by atomic mass is 9.82. The van der Waals surface area contributed by atoms with Crippen molar-refractivity contribution < 1.29 is 0 Å². The van der Waals surface area contributed by atoms with Gasteiger partial charge in [-0.2, -0.15) is 0 Å². The fourth-order valence-corrected chi connectivity index (χ4v) is 5.17. The van der Waals surface area contributed by atoms with Gasteiger partial charge in [0.05, 0.1) is 0 Å². The van der Waals surface area contributed by atoms with Gasteiger partial charge in [0, 0.05) is 18.1 Å². The Morgan fingerprint density at radius 2 is 1.89 bits per heavy atom. The Morgan fingerprint density at radius 1 is 1.11 bits per heavy atom. The molecule has 2 nitrogen and oxygen atoms in total. The first-order valence-corrected chi connectivity index (χ1v) is 8.03. The van der Waals surface area contributed by atoms with Gasteiger partial charge in [0.2, 0.25) is 0 Å². The maximum absolute atomic E-state index is 6.25. The van der Waals surface area contributed by atoms with Gasteiger partial charge in [-0.1, -0.05) is 26.7 Å². The summed E-state index contributed by atoms with van der Waals surface area (Å²) in [5.74, 6) is 0.992. The second kappa shape index (κ2) is 4.49. The second-order valence-corrected chi connectivity index (χ2v) is 7.86. The fourth-order valence-electron chi connectivity index (χ4n) is 5.17. The quantitative estimate of drug-likeness (QED) is 0.815. The van der Waals surface area contributed by atoms with Crippen molar-refractivity contribution in [3.05, 3.63) is 0 Å². The predicted octanol–water partition coefficient (Wildman–Crippen LogP) is 3.16. The normalized spacial score (nSPS) is 44.2. The van der Waals surface area contributed by atoms with Crippen molar-refractivity contribution in [2.24, 2.45) is 17.1 Å². The van der Waals surface area contributed by atoms with Crippen molar-refractivity contribution in [1.29, 1.82) is 0 Å². The number of fused-ring (bicyclic) bond motifs is 1. The van der Waals surface area contributed by atoms with Crippen molar-refractivity contribution in [2.75, 3.05) is 13.1 Å². The van der Waals surface area contributed by atoms with E-state index in [4.69, 9.17) is 5.73 Å². The lowest BCUT2D eigenvalue weighted by molar-refractivity contribution is 0.0513. The van der Waals surface area contributed by atoms with Crippen LogP contribution in [0.15, 0.2) is 0 Å². The highest BCUT2D eigenvalue weighted by atomic mass is 15.3. The van der Waals surface area contributed by atoms with Crippen LogP contribution in [-0.4, -0.2) is 29.6 Å². The Balaban J connectivity index is 1.80. The van der Waals surface area contributed by atoms with E-state index >= 15 is 0 Å². The smallest absolute Gasteiger partial charge is 0.0340 e. The van der Waals surface area contributed by atoms with Crippen LogP contribution in [0.25, 0.3) is 0 Å². The van der Waals surface area contributed by atoms with Gasteiger partial charge in [0.1, 0.15) is 0 Å². The van der Waals surface area contributed by atoms with Crippen LogP contribution in [0.1, 0.15) is 65.2 Å². The molecule has 2 aliphatic carbocycles. The van der Waals surface area contributed by atoms with Crippen LogP contribution < -0.4 is 5.73 Å². The standard InChI is InChI=1S/C16H30N2/c1-15(2)8-9-16(11-15,12-17)18-10-7-13-5-3-4-6-14(13)18/h13-14H,3-12,17H2,1-2H3. The molecule has 3 fully saturated rings. The molecule has 3 atom stereocenters. The molecule has 3 rings (SSSR count). The monoisotopic (exact) mass is 250 g/mol. The molecule has 2 saturated carbocycles. The number of hydrogen-bond donors (Lipinski definition) is 1. The molecule has 0 aromatic rings. The molecule has 0 bridgehead atoms. The molecule has 3 aliphatic rings. The Hall–Kier alpha value is -0.0800. The summed E-state index contributed by atoms with van der Waals surface area (Å²) in [6.45, 7) is 7.06. The van der Waals surface area contributed by atoms with Gasteiger partial charge >= 0.3 is 0 Å². The van der Waals surface area contributed by atoms with Crippen LogP contribution in [0, 0.1) is 11.3 Å². The second-order valence-electron chi connectivity index (χ2n) is 7.86. The van der Waals surface area contributed by atoms with E-state index in [0.29, 0.717) is 11.0 Å². The first-order valence-electron chi connectivity index (χ1n) is 8.03. The molecule has 3 unspecified atom stereocenters. The maximum atomic E-state index is 6.25. The summed E-state index contributed by atoms with van der Waals surface area (Å²) < 4.78 is 0. The largest absolute Gasteiger partial charge is 0.329 e. The van der Waals surface area contributed by atoms with Crippen LogP contribution in [0.5, 0.6) is 0 Å². The van der Waals surface area contributed by atoms with Gasteiger partial charge < -0.3 is 5.73 Å². The minimum Gasteiger partial charge on any atom is -0.329 e. The Morgan fingerprint density at radius 3 is 2.56 bits per heavy atom. The minimum absolute atomic E-state index is 0.347. The molecule has 0 radical (unpaired) electrons. The van der Waals surface area contributed by atoms with Gasteiger partial charge in [-0.05, 0) is 56.4 Å². The molecule has 1 aliphatic heterocycles. The van der Waals surface area contributed by atoms with Gasteiger partial charge in [-0.3, -0.25) is 4.90 Å². The van der Waals surface area contributed by atoms with E-state index in [-0.39, 0.29) is 0 Å². The zero-order valence-corrected chi connectivity index (χ0v) is 12.3. The lowest BCUT2D eigenvalue weighted by Crippen LogP contribution is -2.55. The van der Waals surface area contributed by atoms with E-state index in [1.165, 1.54) is 57.9 Å². The van der Waals surface area contributed by atoms with Crippen LogP contribution in [-0.2, 0) is 0 Å². The van der Waals surface area contributed by atoms with Crippen molar-refractivity contribution in [3.8, 4) is 0 Å². The first kappa shape index (κ1) is 12.9. The zero-order valence-electron chi connectivity index (χ0n) is 12.3. The number of nitrogens with zero attached hydrogens (tertiary/aromatic N) is 1. The minimum atomic E-state index is 0.347. The van der Waals surface area contributed by atoms with E-state index < -0.39 is 0 Å². The van der Waals surface area contributed by atoms with Crippen LogP contribution in [0.2, 0.25) is 0 Å². The topological polar surface area (TPSA) is 29.3 Å². The third-order valence-electron chi connectivity index (χ3n) is 6.07. The summed E-state index contributed by atoms with van der Waals surface area (Å²) in [6, 6.07) is 0.871. The number of nitrogens with two attached hydrogens (primary N) is 1. The van der Waals surface area contributed by atoms with E-state index in [0.717, 1.165) is 18.5 Å². The van der Waals surface area contributed by atoms with Gasteiger partial charge in [-0.25, -0.2) is 0 Å². The molecule has 2 N–H and O–H groups in total. The predicted molar refractivity (Wildman–Crippen MR) is 76.5 cm³/mol. The van der Waals surface area contributed by atoms with Gasteiger partial charge in [0.25, 0.3) is 0 Å². The number of rotatable bonds is 2. The first-order chi connectivity index (χ1) is 8.56. The molecule has 18 heavy (non-hydrogen) atoms. The third-order valence-corrected chi connectivity index (χ3v) is 6.07. The molecule has 104 valence electrons. The van der Waals surface area contributed by atoms with E-state index in [1.807, 2.05) is 0 Å². The molecule has 1 heterocycles. The summed E-state index contributed by atoms with van der Waals surface area (Å²) in [7, 11) is 0. The fraction of sp³-hybridized carbons (Fsp3) is 1.00. The molecule has 0 aromatic heterocycles. The van der Waals surface area contributed by atoms with Crippen molar-refractivity contribution >= 4 is 0 Å². The summed E-state index contributed by atoms with van der Waals surface area (Å²) in [5, 5.41) is 0. The highest BCUT2D eigenvalue weighted by molar-refractivity contribution is 5.07. The maximum Gasteiger partial charge on any atom is 0.0340 e. The van der Waals surface area contributed by atoms with Crippen molar-refractivity contribution in [3.63, 3.8) is 0 Å². The van der Waals surface area contributed by atoms with Crippen LogP contribution >= 0.6 is 0 Å². The molecule has 0 amide bonds. The van der Waals surface area contributed by atoms with Gasteiger partial charge in [0.15, 0.2) is 0 Å². The summed E-state index contributed by atoms with van der Waals surface area (Å²) >= 11 is 0. The van der Waals surface area contributed by atoms with E-state index in [9.17, 15) is 0 Å². The lowest BCUT2D eigenvalue weighted by Gasteiger charge is -2.45. The summed E-state index contributed by atoms with van der Waals surface area (Å²) in [5.41, 5.74) is 7.10. The highest BCUT2D eigenvalue weighted by Crippen LogP contribution is 2.50. The van der Waals surface area contributed by atoms with Crippen LogP contribution in [0.3, 0.4) is 0 Å². The van der Waals surface area contributed by atoms with E-state index in [2.05, 4.69) is 18.7 Å². The third kappa shape index (κ3) is 2.02. The Bertz CT molecular complexity index is 312. The SMILES string of the molecule is CC1(C)CCC(CN)(N2CCC3CCCCC32)C1. The van der Waals surface area contributed by atoms with Gasteiger partial charge in [-0.15, -0.1) is 0 Å². The average Bonchev–Trinajstić information content (AvgIpc) is 2.91. The molecule has 0 aromatic carbocycles. The highest BCUT2D eigenvalue weighted by Gasteiger charge is 2.51. The van der Waals surface area contributed by atoms with Crippen molar-refractivity contribution in [1.82, 2.24) is 4.90 Å². The molecule has 2 heteroatoms. The molecular formula is C16H30N2. The molecule has 1 saturated heterocycles. The van der Waals surface area contributed by atoms with Crippen LogP contribution in [0.4, 0.5) is 0 Å². The molecular weight excluding hydrogens is 220 g/mol.